The molecule has 1 saturated heterocycles. The molecule has 0 bridgehead atoms. The van der Waals surface area contributed by atoms with Gasteiger partial charge < -0.3 is 9.80 Å². The van der Waals surface area contributed by atoms with Crippen LogP contribution in [0.25, 0.3) is 0 Å². The third-order valence-corrected chi connectivity index (χ3v) is 3.56. The van der Waals surface area contributed by atoms with E-state index in [2.05, 4.69) is 37.6 Å². The molecule has 0 aliphatic carbocycles. The van der Waals surface area contributed by atoms with Crippen LogP contribution in [0.15, 0.2) is 0 Å². The summed E-state index contributed by atoms with van der Waals surface area (Å²) in [5.41, 5.74) is 0.321. The number of hydrogen-bond donors (Lipinski definition) is 0. The summed E-state index contributed by atoms with van der Waals surface area (Å²) in [6.07, 6.45) is 5.58. The van der Waals surface area contributed by atoms with Gasteiger partial charge in [0.05, 0.1) is 0 Å². The molecule has 0 radical (unpaired) electrons. The highest BCUT2D eigenvalue weighted by atomic mass is 15.2. The fraction of sp³-hybridized carbons (Fsp3) is 1.00. The van der Waals surface area contributed by atoms with Crippen LogP contribution in [0.4, 0.5) is 0 Å². The molecule has 1 aliphatic rings. The minimum atomic E-state index is 0.321. The number of likely N-dealkylation sites (tertiary alicyclic amines) is 1. The van der Waals surface area contributed by atoms with E-state index in [1.807, 2.05) is 0 Å². The van der Waals surface area contributed by atoms with Crippen LogP contribution in [0.5, 0.6) is 0 Å². The Bertz CT molecular complexity index is 166. The first-order valence-corrected chi connectivity index (χ1v) is 6.44. The van der Waals surface area contributed by atoms with Crippen LogP contribution < -0.4 is 0 Å². The van der Waals surface area contributed by atoms with Crippen molar-refractivity contribution >= 4 is 0 Å². The molecule has 1 fully saturated rings. The Kier molecular flexibility index (Phi) is 5.07. The lowest BCUT2D eigenvalue weighted by molar-refractivity contribution is 0.156. The monoisotopic (exact) mass is 212 g/mol. The summed E-state index contributed by atoms with van der Waals surface area (Å²) in [7, 11) is 2.23. The molecule has 0 aromatic rings. The van der Waals surface area contributed by atoms with E-state index >= 15 is 0 Å². The Morgan fingerprint density at radius 1 is 1.07 bits per heavy atom. The molecule has 0 aromatic heterocycles. The van der Waals surface area contributed by atoms with Crippen LogP contribution in [0, 0.1) is 0 Å². The summed E-state index contributed by atoms with van der Waals surface area (Å²) in [4.78, 5) is 5.08. The molecule has 0 N–H and O–H groups in total. The van der Waals surface area contributed by atoms with Crippen molar-refractivity contribution in [3.63, 3.8) is 0 Å². The highest BCUT2D eigenvalue weighted by molar-refractivity contribution is 4.73. The fourth-order valence-electron chi connectivity index (χ4n) is 2.05. The van der Waals surface area contributed by atoms with E-state index in [1.165, 1.54) is 51.9 Å². The van der Waals surface area contributed by atoms with Crippen molar-refractivity contribution < 1.29 is 0 Å². The summed E-state index contributed by atoms with van der Waals surface area (Å²) in [5, 5.41) is 0. The van der Waals surface area contributed by atoms with E-state index in [-0.39, 0.29) is 0 Å². The number of nitrogens with zero attached hydrogens (tertiary/aromatic N) is 2. The van der Waals surface area contributed by atoms with Gasteiger partial charge in [-0.2, -0.15) is 0 Å². The molecule has 0 amide bonds. The van der Waals surface area contributed by atoms with Gasteiger partial charge in [0, 0.05) is 5.54 Å². The Hall–Kier alpha value is -0.0800. The molecule has 15 heavy (non-hydrogen) atoms. The predicted molar refractivity (Wildman–Crippen MR) is 67.3 cm³/mol. The van der Waals surface area contributed by atoms with Crippen molar-refractivity contribution in [3.8, 4) is 0 Å². The Labute approximate surface area is 95.6 Å². The van der Waals surface area contributed by atoms with Gasteiger partial charge in [0.15, 0.2) is 0 Å². The summed E-state index contributed by atoms with van der Waals surface area (Å²) in [5.74, 6) is 0. The first kappa shape index (κ1) is 13.0. The number of piperidine rings is 1. The average Bonchev–Trinajstić information content (AvgIpc) is 2.18. The molecule has 1 rings (SSSR count). The molecule has 0 saturated carbocycles. The summed E-state index contributed by atoms with van der Waals surface area (Å²) in [6.45, 7) is 12.0. The Morgan fingerprint density at radius 2 is 1.67 bits per heavy atom. The van der Waals surface area contributed by atoms with Crippen molar-refractivity contribution in [2.75, 3.05) is 33.2 Å². The van der Waals surface area contributed by atoms with Gasteiger partial charge in [0.1, 0.15) is 0 Å². The molecular formula is C13H28N2. The number of hydrogen-bond acceptors (Lipinski definition) is 2. The topological polar surface area (TPSA) is 6.48 Å². The Balaban J connectivity index is 2.10. The first-order valence-electron chi connectivity index (χ1n) is 6.44. The lowest BCUT2D eigenvalue weighted by Gasteiger charge is -2.33. The first-order chi connectivity index (χ1) is 7.00. The van der Waals surface area contributed by atoms with Gasteiger partial charge in [-0.15, -0.1) is 0 Å². The van der Waals surface area contributed by atoms with Gasteiger partial charge in [0.2, 0.25) is 0 Å². The van der Waals surface area contributed by atoms with E-state index in [0.29, 0.717) is 5.54 Å². The summed E-state index contributed by atoms with van der Waals surface area (Å²) < 4.78 is 0. The van der Waals surface area contributed by atoms with Gasteiger partial charge in [-0.05, 0) is 73.3 Å². The molecule has 2 heteroatoms. The van der Waals surface area contributed by atoms with Gasteiger partial charge in [0.25, 0.3) is 0 Å². The SMILES string of the molecule is CN(CCCN1CCCCC1)C(C)(C)C. The largest absolute Gasteiger partial charge is 0.303 e. The maximum Gasteiger partial charge on any atom is 0.0122 e. The minimum Gasteiger partial charge on any atom is -0.303 e. The van der Waals surface area contributed by atoms with E-state index in [1.54, 1.807) is 0 Å². The summed E-state index contributed by atoms with van der Waals surface area (Å²) in [6, 6.07) is 0. The third-order valence-electron chi connectivity index (χ3n) is 3.56. The lowest BCUT2D eigenvalue weighted by Crippen LogP contribution is -2.40. The van der Waals surface area contributed by atoms with Gasteiger partial charge in [-0.25, -0.2) is 0 Å². The average molecular weight is 212 g/mol. The molecule has 2 nitrogen and oxygen atoms in total. The molecule has 1 heterocycles. The highest BCUT2D eigenvalue weighted by Gasteiger charge is 2.16. The van der Waals surface area contributed by atoms with Crippen molar-refractivity contribution in [3.05, 3.63) is 0 Å². The second kappa shape index (κ2) is 5.86. The van der Waals surface area contributed by atoms with Gasteiger partial charge in [-0.1, -0.05) is 6.42 Å². The van der Waals surface area contributed by atoms with Crippen molar-refractivity contribution in [2.45, 2.75) is 52.0 Å². The highest BCUT2D eigenvalue weighted by Crippen LogP contribution is 2.12. The molecule has 0 atom stereocenters. The quantitative estimate of drug-likeness (QED) is 0.707. The van der Waals surface area contributed by atoms with Crippen LogP contribution >= 0.6 is 0 Å². The number of rotatable bonds is 4. The van der Waals surface area contributed by atoms with Crippen LogP contribution in [0.3, 0.4) is 0 Å². The second-order valence-corrected chi connectivity index (χ2v) is 5.85. The van der Waals surface area contributed by atoms with E-state index < -0.39 is 0 Å². The standard InChI is InChI=1S/C13H28N2/c1-13(2,3)14(4)9-8-12-15-10-6-5-7-11-15/h5-12H2,1-4H3. The normalized spacial score (nSPS) is 19.8. The molecule has 1 aliphatic heterocycles. The van der Waals surface area contributed by atoms with Crippen LogP contribution in [0.2, 0.25) is 0 Å². The van der Waals surface area contributed by atoms with E-state index in [9.17, 15) is 0 Å². The maximum absolute atomic E-state index is 2.62. The van der Waals surface area contributed by atoms with Crippen LogP contribution in [0.1, 0.15) is 46.5 Å². The van der Waals surface area contributed by atoms with Crippen LogP contribution in [-0.2, 0) is 0 Å². The zero-order valence-electron chi connectivity index (χ0n) is 11.1. The molecule has 0 unspecified atom stereocenters. The van der Waals surface area contributed by atoms with Gasteiger partial charge in [-0.3, -0.25) is 0 Å². The lowest BCUT2D eigenvalue weighted by atomic mass is 10.1. The summed E-state index contributed by atoms with van der Waals surface area (Å²) >= 11 is 0. The zero-order valence-corrected chi connectivity index (χ0v) is 11.1. The van der Waals surface area contributed by atoms with E-state index in [4.69, 9.17) is 0 Å². The maximum atomic E-state index is 2.62. The fourth-order valence-corrected chi connectivity index (χ4v) is 2.05. The van der Waals surface area contributed by atoms with Crippen LogP contribution in [-0.4, -0.2) is 48.6 Å². The molecule has 0 aromatic carbocycles. The van der Waals surface area contributed by atoms with Gasteiger partial charge >= 0.3 is 0 Å². The van der Waals surface area contributed by atoms with E-state index in [0.717, 1.165) is 0 Å². The van der Waals surface area contributed by atoms with Crippen molar-refractivity contribution in [1.29, 1.82) is 0 Å². The minimum absolute atomic E-state index is 0.321. The molecule has 0 spiro atoms. The molecule has 90 valence electrons. The third kappa shape index (κ3) is 4.98. The zero-order chi connectivity index (χ0) is 11.3. The second-order valence-electron chi connectivity index (χ2n) is 5.85. The predicted octanol–water partition coefficient (Wildman–Crippen LogP) is 2.59. The van der Waals surface area contributed by atoms with Crippen molar-refractivity contribution in [2.24, 2.45) is 0 Å². The Morgan fingerprint density at radius 3 is 2.20 bits per heavy atom. The van der Waals surface area contributed by atoms with Crippen molar-refractivity contribution in [1.82, 2.24) is 9.80 Å². The smallest absolute Gasteiger partial charge is 0.0122 e. The molecular weight excluding hydrogens is 184 g/mol.